The first-order valence-electron chi connectivity index (χ1n) is 7.26. The third-order valence-corrected chi connectivity index (χ3v) is 3.56. The third-order valence-electron chi connectivity index (χ3n) is 3.56. The van der Waals surface area contributed by atoms with E-state index in [1.54, 1.807) is 6.92 Å². The molecule has 1 fully saturated rings. The topological polar surface area (TPSA) is 67.8 Å². The number of aliphatic carboxylic acids is 1. The maximum Gasteiger partial charge on any atom is 0.323 e. The molecule has 1 aliphatic heterocycles. The molecule has 1 rings (SSSR count). The molecule has 0 radical (unpaired) electrons. The van der Waals surface area contributed by atoms with Crippen molar-refractivity contribution in [1.82, 2.24) is 5.32 Å². The van der Waals surface area contributed by atoms with E-state index in [0.717, 1.165) is 25.9 Å². The summed E-state index contributed by atoms with van der Waals surface area (Å²) in [6.45, 7) is 6.27. The van der Waals surface area contributed by atoms with Crippen LogP contribution < -0.4 is 5.32 Å². The molecular formula is C14H27NO4. The molecule has 0 amide bonds. The molecule has 0 aliphatic carbocycles. The highest BCUT2D eigenvalue weighted by Gasteiger charge is 2.31. The lowest BCUT2D eigenvalue weighted by Gasteiger charge is -2.27. The quantitative estimate of drug-likeness (QED) is 0.627. The molecule has 2 unspecified atom stereocenters. The van der Waals surface area contributed by atoms with E-state index in [-0.39, 0.29) is 6.10 Å². The van der Waals surface area contributed by atoms with Gasteiger partial charge in [0.25, 0.3) is 0 Å². The number of carbonyl (C=O) groups is 1. The Morgan fingerprint density at radius 3 is 2.89 bits per heavy atom. The molecule has 2 N–H and O–H groups in total. The molecule has 0 spiro atoms. The number of carboxylic acids is 1. The van der Waals surface area contributed by atoms with Gasteiger partial charge >= 0.3 is 5.97 Å². The average Bonchev–Trinajstić information content (AvgIpc) is 2.42. The van der Waals surface area contributed by atoms with E-state index in [9.17, 15) is 9.90 Å². The lowest BCUT2D eigenvalue weighted by molar-refractivity contribution is -0.145. The van der Waals surface area contributed by atoms with Crippen LogP contribution in [0.3, 0.4) is 0 Å². The van der Waals surface area contributed by atoms with Crippen LogP contribution >= 0.6 is 0 Å². The highest BCUT2D eigenvalue weighted by Crippen LogP contribution is 2.14. The van der Waals surface area contributed by atoms with Crippen LogP contribution in [0.2, 0.25) is 0 Å². The summed E-state index contributed by atoms with van der Waals surface area (Å²) in [7, 11) is 0. The minimum Gasteiger partial charge on any atom is -0.480 e. The van der Waals surface area contributed by atoms with Crippen molar-refractivity contribution in [2.45, 2.75) is 57.6 Å². The standard InChI is InChI=1S/C14H27NO4/c1-3-8-15-14(2,13(16)17)7-10-18-11-12-6-4-5-9-19-12/h12,15H,3-11H2,1-2H3,(H,16,17). The number of rotatable bonds is 9. The molecule has 5 nitrogen and oxygen atoms in total. The van der Waals surface area contributed by atoms with Gasteiger partial charge in [-0.2, -0.15) is 0 Å². The lowest BCUT2D eigenvalue weighted by atomic mass is 9.98. The Hall–Kier alpha value is -0.650. The molecule has 1 aliphatic rings. The first-order valence-corrected chi connectivity index (χ1v) is 7.26. The van der Waals surface area contributed by atoms with Crippen molar-refractivity contribution in [3.8, 4) is 0 Å². The molecule has 0 aromatic rings. The molecule has 112 valence electrons. The summed E-state index contributed by atoms with van der Waals surface area (Å²) in [4.78, 5) is 11.3. The van der Waals surface area contributed by atoms with Gasteiger partial charge in [0.05, 0.1) is 12.7 Å². The molecule has 5 heteroatoms. The second-order valence-electron chi connectivity index (χ2n) is 5.38. The minimum absolute atomic E-state index is 0.188. The zero-order chi connectivity index (χ0) is 14.1. The van der Waals surface area contributed by atoms with E-state index in [0.29, 0.717) is 26.2 Å². The summed E-state index contributed by atoms with van der Waals surface area (Å²) in [6, 6.07) is 0. The summed E-state index contributed by atoms with van der Waals surface area (Å²) in [5, 5.41) is 12.3. The Balaban J connectivity index is 2.22. The Morgan fingerprint density at radius 1 is 1.53 bits per heavy atom. The van der Waals surface area contributed by atoms with Gasteiger partial charge < -0.3 is 19.9 Å². The van der Waals surface area contributed by atoms with Crippen molar-refractivity contribution in [3.63, 3.8) is 0 Å². The fourth-order valence-corrected chi connectivity index (χ4v) is 2.10. The SMILES string of the molecule is CCCNC(C)(CCOCC1CCCCO1)C(=O)O. The smallest absolute Gasteiger partial charge is 0.323 e. The maximum absolute atomic E-state index is 11.3. The van der Waals surface area contributed by atoms with Gasteiger partial charge in [-0.05, 0) is 45.6 Å². The number of ether oxygens (including phenoxy) is 2. The molecule has 0 aromatic carbocycles. The van der Waals surface area contributed by atoms with Crippen molar-refractivity contribution >= 4 is 5.97 Å². The van der Waals surface area contributed by atoms with Gasteiger partial charge in [-0.15, -0.1) is 0 Å². The summed E-state index contributed by atoms with van der Waals surface area (Å²) < 4.78 is 11.1. The lowest BCUT2D eigenvalue weighted by Crippen LogP contribution is -2.50. The zero-order valence-electron chi connectivity index (χ0n) is 12.1. The molecule has 2 atom stereocenters. The van der Waals surface area contributed by atoms with Crippen LogP contribution in [-0.2, 0) is 14.3 Å². The largest absolute Gasteiger partial charge is 0.480 e. The van der Waals surface area contributed by atoms with Crippen LogP contribution in [0, 0.1) is 0 Å². The summed E-state index contributed by atoms with van der Waals surface area (Å²) in [5.74, 6) is -0.821. The van der Waals surface area contributed by atoms with E-state index < -0.39 is 11.5 Å². The Labute approximate surface area is 115 Å². The zero-order valence-corrected chi connectivity index (χ0v) is 12.1. The van der Waals surface area contributed by atoms with E-state index in [1.165, 1.54) is 6.42 Å². The number of nitrogens with one attached hydrogen (secondary N) is 1. The van der Waals surface area contributed by atoms with Crippen molar-refractivity contribution in [3.05, 3.63) is 0 Å². The Bertz CT molecular complexity index is 266. The normalized spacial score (nSPS) is 22.9. The fraction of sp³-hybridized carbons (Fsp3) is 0.929. The first-order chi connectivity index (χ1) is 9.08. The fourth-order valence-electron chi connectivity index (χ4n) is 2.10. The molecule has 19 heavy (non-hydrogen) atoms. The number of carboxylic acid groups (broad SMARTS) is 1. The van der Waals surface area contributed by atoms with E-state index in [2.05, 4.69) is 5.32 Å². The van der Waals surface area contributed by atoms with Crippen LogP contribution in [0.15, 0.2) is 0 Å². The van der Waals surface area contributed by atoms with Crippen molar-refractivity contribution in [2.75, 3.05) is 26.4 Å². The molecule has 0 aromatic heterocycles. The van der Waals surface area contributed by atoms with Crippen LogP contribution in [0.1, 0.15) is 46.0 Å². The molecule has 1 heterocycles. The van der Waals surface area contributed by atoms with Crippen molar-refractivity contribution in [2.24, 2.45) is 0 Å². The summed E-state index contributed by atoms with van der Waals surface area (Å²) >= 11 is 0. The molecule has 0 bridgehead atoms. The third kappa shape index (κ3) is 5.89. The molecular weight excluding hydrogens is 246 g/mol. The Kier molecular flexibility index (Phi) is 7.34. The monoisotopic (exact) mass is 273 g/mol. The van der Waals surface area contributed by atoms with Crippen LogP contribution in [-0.4, -0.2) is 49.1 Å². The van der Waals surface area contributed by atoms with Crippen molar-refractivity contribution < 1.29 is 19.4 Å². The average molecular weight is 273 g/mol. The highest BCUT2D eigenvalue weighted by molar-refractivity contribution is 5.78. The van der Waals surface area contributed by atoms with Gasteiger partial charge in [0.15, 0.2) is 0 Å². The highest BCUT2D eigenvalue weighted by atomic mass is 16.5. The summed E-state index contributed by atoms with van der Waals surface area (Å²) in [6.07, 6.45) is 4.94. The van der Waals surface area contributed by atoms with Gasteiger partial charge in [0.1, 0.15) is 5.54 Å². The molecule has 1 saturated heterocycles. The van der Waals surface area contributed by atoms with Crippen LogP contribution in [0.5, 0.6) is 0 Å². The van der Waals surface area contributed by atoms with Gasteiger partial charge in [0, 0.05) is 13.2 Å². The molecule has 0 saturated carbocycles. The minimum atomic E-state index is -0.899. The van der Waals surface area contributed by atoms with Gasteiger partial charge in [-0.1, -0.05) is 6.92 Å². The van der Waals surface area contributed by atoms with Crippen molar-refractivity contribution in [1.29, 1.82) is 0 Å². The maximum atomic E-state index is 11.3. The number of hydrogen-bond acceptors (Lipinski definition) is 4. The predicted octanol–water partition coefficient (Wildman–Crippen LogP) is 1.81. The first kappa shape index (κ1) is 16.4. The second kappa shape index (κ2) is 8.51. The van der Waals surface area contributed by atoms with Gasteiger partial charge in [-0.25, -0.2) is 0 Å². The number of hydrogen-bond donors (Lipinski definition) is 2. The van der Waals surface area contributed by atoms with Crippen LogP contribution in [0.25, 0.3) is 0 Å². The van der Waals surface area contributed by atoms with Crippen LogP contribution in [0.4, 0.5) is 0 Å². The van der Waals surface area contributed by atoms with E-state index in [1.807, 2.05) is 6.92 Å². The second-order valence-corrected chi connectivity index (χ2v) is 5.38. The Morgan fingerprint density at radius 2 is 2.32 bits per heavy atom. The van der Waals surface area contributed by atoms with E-state index >= 15 is 0 Å². The van der Waals surface area contributed by atoms with Gasteiger partial charge in [0.2, 0.25) is 0 Å². The summed E-state index contributed by atoms with van der Waals surface area (Å²) in [5.41, 5.74) is -0.899. The predicted molar refractivity (Wildman–Crippen MR) is 73.4 cm³/mol. The van der Waals surface area contributed by atoms with E-state index in [4.69, 9.17) is 9.47 Å². The van der Waals surface area contributed by atoms with Gasteiger partial charge in [-0.3, -0.25) is 4.79 Å².